The van der Waals surface area contributed by atoms with E-state index < -0.39 is 0 Å². The minimum Gasteiger partial charge on any atom is -0.342 e. The topological polar surface area (TPSA) is 20.3 Å². The van der Waals surface area contributed by atoms with Crippen LogP contribution in [0.15, 0.2) is 16.8 Å². The second-order valence-corrected chi connectivity index (χ2v) is 4.18. The second kappa shape index (κ2) is 3.92. The summed E-state index contributed by atoms with van der Waals surface area (Å²) in [5.41, 5.74) is 1.15. The summed E-state index contributed by atoms with van der Waals surface area (Å²) in [7, 11) is 0. The van der Waals surface area contributed by atoms with E-state index in [9.17, 15) is 4.79 Å². The zero-order valence-corrected chi connectivity index (χ0v) is 8.35. The maximum absolute atomic E-state index is 11.6. The Morgan fingerprint density at radius 3 is 2.85 bits per heavy atom. The van der Waals surface area contributed by atoms with Crippen molar-refractivity contribution in [1.29, 1.82) is 0 Å². The molecule has 0 radical (unpaired) electrons. The molecule has 1 amide bonds. The summed E-state index contributed by atoms with van der Waals surface area (Å²) in [4.78, 5) is 13.6. The van der Waals surface area contributed by atoms with Crippen LogP contribution in [0.4, 0.5) is 0 Å². The Balaban J connectivity index is 1.91. The molecule has 2 nitrogen and oxygen atoms in total. The summed E-state index contributed by atoms with van der Waals surface area (Å²) < 4.78 is 0. The summed E-state index contributed by atoms with van der Waals surface area (Å²) in [6.45, 7) is 1.92. The number of hydrogen-bond acceptors (Lipinski definition) is 2. The van der Waals surface area contributed by atoms with E-state index in [2.05, 4.69) is 0 Å². The van der Waals surface area contributed by atoms with E-state index in [-0.39, 0.29) is 5.91 Å². The Morgan fingerprint density at radius 1 is 1.46 bits per heavy atom. The molecule has 0 unspecified atom stereocenters. The van der Waals surface area contributed by atoms with Crippen LogP contribution in [0.1, 0.15) is 18.4 Å². The highest BCUT2D eigenvalue weighted by molar-refractivity contribution is 7.07. The Hall–Kier alpha value is -0.830. The van der Waals surface area contributed by atoms with Crippen molar-refractivity contribution in [3.8, 4) is 0 Å². The van der Waals surface area contributed by atoms with Crippen LogP contribution in [0, 0.1) is 0 Å². The van der Waals surface area contributed by atoms with Gasteiger partial charge in [0, 0.05) is 13.1 Å². The van der Waals surface area contributed by atoms with Gasteiger partial charge in [0.2, 0.25) is 5.91 Å². The van der Waals surface area contributed by atoms with Crippen molar-refractivity contribution < 1.29 is 4.79 Å². The van der Waals surface area contributed by atoms with Gasteiger partial charge in [0.25, 0.3) is 0 Å². The maximum atomic E-state index is 11.6. The zero-order chi connectivity index (χ0) is 9.10. The average Bonchev–Trinajstić information content (AvgIpc) is 2.74. The summed E-state index contributed by atoms with van der Waals surface area (Å²) >= 11 is 1.65. The van der Waals surface area contributed by atoms with E-state index in [0.29, 0.717) is 6.42 Å². The molecule has 2 rings (SSSR count). The van der Waals surface area contributed by atoms with Crippen molar-refractivity contribution in [2.45, 2.75) is 19.3 Å². The number of nitrogens with zero attached hydrogens (tertiary/aromatic N) is 1. The molecule has 0 spiro atoms. The first-order chi connectivity index (χ1) is 6.36. The predicted octanol–water partition coefficient (Wildman–Crippen LogP) is 1.91. The van der Waals surface area contributed by atoms with E-state index in [1.54, 1.807) is 11.3 Å². The molecular weight excluding hydrogens is 182 g/mol. The molecular formula is C10H13NOS. The molecule has 0 saturated carbocycles. The number of hydrogen-bond donors (Lipinski definition) is 0. The van der Waals surface area contributed by atoms with E-state index in [1.807, 2.05) is 21.7 Å². The maximum Gasteiger partial charge on any atom is 0.227 e. The molecule has 1 aliphatic rings. The summed E-state index contributed by atoms with van der Waals surface area (Å²) in [6.07, 6.45) is 2.94. The van der Waals surface area contributed by atoms with Crippen molar-refractivity contribution in [3.05, 3.63) is 22.4 Å². The third kappa shape index (κ3) is 2.10. The van der Waals surface area contributed by atoms with Crippen LogP contribution < -0.4 is 0 Å². The SMILES string of the molecule is O=C(Cc1ccsc1)N1CCCC1. The van der Waals surface area contributed by atoms with Gasteiger partial charge in [-0.3, -0.25) is 4.79 Å². The van der Waals surface area contributed by atoms with E-state index in [1.165, 1.54) is 12.8 Å². The number of carbonyl (C=O) groups excluding carboxylic acids is 1. The average molecular weight is 195 g/mol. The minimum atomic E-state index is 0.288. The standard InChI is InChI=1S/C10H13NOS/c12-10(11-4-1-2-5-11)7-9-3-6-13-8-9/h3,6,8H,1-2,4-5,7H2. The second-order valence-electron chi connectivity index (χ2n) is 3.40. The van der Waals surface area contributed by atoms with E-state index in [4.69, 9.17) is 0 Å². The first-order valence-electron chi connectivity index (χ1n) is 4.65. The molecule has 0 aromatic carbocycles. The predicted molar refractivity (Wildman–Crippen MR) is 53.8 cm³/mol. The van der Waals surface area contributed by atoms with E-state index >= 15 is 0 Å². The number of carbonyl (C=O) groups is 1. The van der Waals surface area contributed by atoms with Gasteiger partial charge in [-0.05, 0) is 35.2 Å². The highest BCUT2D eigenvalue weighted by Gasteiger charge is 2.17. The van der Waals surface area contributed by atoms with Crippen molar-refractivity contribution in [2.75, 3.05) is 13.1 Å². The summed E-state index contributed by atoms with van der Waals surface area (Å²) in [5, 5.41) is 4.07. The molecule has 2 heterocycles. The molecule has 1 aliphatic heterocycles. The van der Waals surface area contributed by atoms with Crippen LogP contribution in [-0.4, -0.2) is 23.9 Å². The zero-order valence-electron chi connectivity index (χ0n) is 7.53. The molecule has 1 fully saturated rings. The molecule has 70 valence electrons. The van der Waals surface area contributed by atoms with Crippen LogP contribution in [0.2, 0.25) is 0 Å². The summed E-state index contributed by atoms with van der Waals surface area (Å²) in [5.74, 6) is 0.288. The first kappa shape index (κ1) is 8.75. The fraction of sp³-hybridized carbons (Fsp3) is 0.500. The highest BCUT2D eigenvalue weighted by atomic mass is 32.1. The number of rotatable bonds is 2. The Bertz CT molecular complexity index is 275. The van der Waals surface area contributed by atoms with Crippen molar-refractivity contribution in [2.24, 2.45) is 0 Å². The van der Waals surface area contributed by atoms with Gasteiger partial charge in [0.1, 0.15) is 0 Å². The third-order valence-corrected chi connectivity index (χ3v) is 3.13. The lowest BCUT2D eigenvalue weighted by atomic mass is 10.2. The summed E-state index contributed by atoms with van der Waals surface area (Å²) in [6, 6.07) is 2.03. The van der Waals surface area contributed by atoms with E-state index in [0.717, 1.165) is 18.7 Å². The molecule has 3 heteroatoms. The highest BCUT2D eigenvalue weighted by Crippen LogP contribution is 2.12. The van der Waals surface area contributed by atoms with Gasteiger partial charge >= 0.3 is 0 Å². The third-order valence-electron chi connectivity index (χ3n) is 2.39. The smallest absolute Gasteiger partial charge is 0.227 e. The first-order valence-corrected chi connectivity index (χ1v) is 5.59. The molecule has 0 aliphatic carbocycles. The van der Waals surface area contributed by atoms with Crippen molar-refractivity contribution in [1.82, 2.24) is 4.90 Å². The monoisotopic (exact) mass is 195 g/mol. The quantitative estimate of drug-likeness (QED) is 0.706. The van der Waals surface area contributed by atoms with Crippen LogP contribution in [0.5, 0.6) is 0 Å². The van der Waals surface area contributed by atoms with Crippen molar-refractivity contribution in [3.63, 3.8) is 0 Å². The largest absolute Gasteiger partial charge is 0.342 e. The molecule has 0 bridgehead atoms. The van der Waals surface area contributed by atoms with Gasteiger partial charge in [-0.1, -0.05) is 0 Å². The lowest BCUT2D eigenvalue weighted by Gasteiger charge is -2.14. The van der Waals surface area contributed by atoms with Gasteiger partial charge in [-0.25, -0.2) is 0 Å². The number of likely N-dealkylation sites (tertiary alicyclic amines) is 1. The van der Waals surface area contributed by atoms with Crippen LogP contribution in [-0.2, 0) is 11.2 Å². The van der Waals surface area contributed by atoms with Gasteiger partial charge in [-0.15, -0.1) is 0 Å². The van der Waals surface area contributed by atoms with Crippen LogP contribution in [0.3, 0.4) is 0 Å². The fourth-order valence-corrected chi connectivity index (χ4v) is 2.31. The lowest BCUT2D eigenvalue weighted by Crippen LogP contribution is -2.28. The van der Waals surface area contributed by atoms with Crippen molar-refractivity contribution >= 4 is 17.2 Å². The lowest BCUT2D eigenvalue weighted by molar-refractivity contribution is -0.129. The van der Waals surface area contributed by atoms with Crippen LogP contribution in [0.25, 0.3) is 0 Å². The Labute approximate surface area is 82.2 Å². The Morgan fingerprint density at radius 2 is 2.23 bits per heavy atom. The van der Waals surface area contributed by atoms with Gasteiger partial charge < -0.3 is 4.90 Å². The fourth-order valence-electron chi connectivity index (χ4n) is 1.65. The number of amides is 1. The molecule has 1 aromatic rings. The van der Waals surface area contributed by atoms with Gasteiger partial charge in [0.15, 0.2) is 0 Å². The normalized spacial score (nSPS) is 16.5. The molecule has 1 aromatic heterocycles. The minimum absolute atomic E-state index is 0.288. The van der Waals surface area contributed by atoms with Gasteiger partial charge in [0.05, 0.1) is 6.42 Å². The molecule has 0 N–H and O–H groups in total. The number of thiophene rings is 1. The van der Waals surface area contributed by atoms with Gasteiger partial charge in [-0.2, -0.15) is 11.3 Å². The van der Waals surface area contributed by atoms with Crippen LogP contribution >= 0.6 is 11.3 Å². The Kier molecular flexibility index (Phi) is 2.64. The molecule has 0 atom stereocenters. The molecule has 1 saturated heterocycles. The molecule has 13 heavy (non-hydrogen) atoms.